The smallest absolute Gasteiger partial charge is 0.343 e. The van der Waals surface area contributed by atoms with E-state index in [0.29, 0.717) is 17.0 Å². The van der Waals surface area contributed by atoms with Crippen molar-refractivity contribution in [3.63, 3.8) is 0 Å². The number of ether oxygens (including phenoxy) is 1. The van der Waals surface area contributed by atoms with Crippen molar-refractivity contribution in [2.75, 3.05) is 4.90 Å². The minimum atomic E-state index is -0.529. The minimum Gasteiger partial charge on any atom is -0.423 e. The highest BCUT2D eigenvalue weighted by Crippen LogP contribution is 2.53. The molecule has 2 fully saturated rings. The number of imide groups is 1. The second kappa shape index (κ2) is 6.64. The Hall–Kier alpha value is -3.73. The number of anilines is 1. The maximum absolute atomic E-state index is 13.0. The topological polar surface area (TPSA) is 63.7 Å². The van der Waals surface area contributed by atoms with E-state index >= 15 is 0 Å². The molecule has 2 bridgehead atoms. The van der Waals surface area contributed by atoms with Crippen LogP contribution >= 0.6 is 0 Å². The number of fused-ring (bicyclic) bond motifs is 6. The second-order valence-electron chi connectivity index (χ2n) is 8.46. The van der Waals surface area contributed by atoms with Crippen LogP contribution in [0.15, 0.2) is 78.9 Å². The zero-order chi connectivity index (χ0) is 21.1. The molecule has 31 heavy (non-hydrogen) atoms. The predicted molar refractivity (Wildman–Crippen MR) is 116 cm³/mol. The summed E-state index contributed by atoms with van der Waals surface area (Å²) in [7, 11) is 0. The SMILES string of the molecule is O=C(Oc1ccc2ccccc2c1)c1cccc(N2C(=O)[C@H]3[C@H](C2=O)[C@H]2C=C[C@H]3C2)c1. The van der Waals surface area contributed by atoms with Crippen molar-refractivity contribution in [1.82, 2.24) is 0 Å². The van der Waals surface area contributed by atoms with E-state index in [9.17, 15) is 14.4 Å². The first-order chi connectivity index (χ1) is 15.1. The van der Waals surface area contributed by atoms with Gasteiger partial charge in [-0.3, -0.25) is 9.59 Å². The van der Waals surface area contributed by atoms with Gasteiger partial charge in [0.15, 0.2) is 0 Å². The maximum atomic E-state index is 13.0. The van der Waals surface area contributed by atoms with E-state index in [1.165, 1.54) is 4.90 Å². The van der Waals surface area contributed by atoms with Crippen LogP contribution in [0, 0.1) is 23.7 Å². The molecule has 0 spiro atoms. The van der Waals surface area contributed by atoms with Crippen molar-refractivity contribution in [2.45, 2.75) is 6.42 Å². The van der Waals surface area contributed by atoms with Crippen LogP contribution in [0.5, 0.6) is 5.75 Å². The third-order valence-corrected chi connectivity index (χ3v) is 6.74. The van der Waals surface area contributed by atoms with Crippen LogP contribution in [-0.4, -0.2) is 17.8 Å². The van der Waals surface area contributed by atoms with Crippen LogP contribution in [0.4, 0.5) is 5.69 Å². The number of esters is 1. The van der Waals surface area contributed by atoms with E-state index in [-0.39, 0.29) is 35.5 Å². The van der Waals surface area contributed by atoms with E-state index in [0.717, 1.165) is 17.2 Å². The molecule has 3 aromatic carbocycles. The largest absolute Gasteiger partial charge is 0.423 e. The number of amides is 2. The summed E-state index contributed by atoms with van der Waals surface area (Å²) < 4.78 is 5.56. The van der Waals surface area contributed by atoms with Crippen LogP contribution in [0.3, 0.4) is 0 Å². The van der Waals surface area contributed by atoms with Crippen molar-refractivity contribution >= 4 is 34.2 Å². The number of carbonyl (C=O) groups is 3. The first-order valence-electron chi connectivity index (χ1n) is 10.5. The van der Waals surface area contributed by atoms with Gasteiger partial charge in [-0.15, -0.1) is 0 Å². The Morgan fingerprint density at radius 2 is 1.52 bits per heavy atom. The number of nitrogens with zero attached hydrogens (tertiary/aromatic N) is 1. The summed E-state index contributed by atoms with van der Waals surface area (Å²) in [5.74, 6) is -0.641. The molecule has 5 heteroatoms. The van der Waals surface area contributed by atoms with Gasteiger partial charge in [0.05, 0.1) is 23.1 Å². The molecule has 1 aliphatic heterocycles. The molecule has 0 N–H and O–H groups in total. The highest BCUT2D eigenvalue weighted by molar-refractivity contribution is 6.23. The minimum absolute atomic E-state index is 0.150. The lowest BCUT2D eigenvalue weighted by Crippen LogP contribution is -2.33. The third-order valence-electron chi connectivity index (χ3n) is 6.74. The van der Waals surface area contributed by atoms with Crippen molar-refractivity contribution < 1.29 is 19.1 Å². The molecule has 5 nitrogen and oxygen atoms in total. The Kier molecular flexibility index (Phi) is 3.87. The van der Waals surface area contributed by atoms with Gasteiger partial charge in [0, 0.05) is 0 Å². The standard InChI is InChI=1S/C26H19NO4/c28-24-22-17-8-9-18(12-17)23(22)25(29)27(24)20-7-3-6-19(13-20)26(30)31-21-11-10-15-4-1-2-5-16(15)14-21/h1-11,13-14,17-18,22-23H,12H2/t17-,18-,22+,23+/m0/s1. The molecule has 4 atom stereocenters. The molecule has 2 amide bonds. The lowest BCUT2D eigenvalue weighted by atomic mass is 9.85. The Balaban J connectivity index is 1.26. The van der Waals surface area contributed by atoms with E-state index in [1.807, 2.05) is 36.4 Å². The molecule has 2 aliphatic carbocycles. The Morgan fingerprint density at radius 1 is 0.806 bits per heavy atom. The van der Waals surface area contributed by atoms with E-state index in [2.05, 4.69) is 12.2 Å². The zero-order valence-electron chi connectivity index (χ0n) is 16.6. The van der Waals surface area contributed by atoms with E-state index in [1.54, 1.807) is 30.3 Å². The summed E-state index contributed by atoms with van der Waals surface area (Å²) >= 11 is 0. The van der Waals surface area contributed by atoms with Gasteiger partial charge in [-0.25, -0.2) is 9.69 Å². The fourth-order valence-electron chi connectivity index (χ4n) is 5.33. The van der Waals surface area contributed by atoms with Gasteiger partial charge in [-0.05, 0) is 59.4 Å². The second-order valence-corrected chi connectivity index (χ2v) is 8.46. The molecule has 0 unspecified atom stereocenters. The van der Waals surface area contributed by atoms with Crippen LogP contribution in [-0.2, 0) is 9.59 Å². The van der Waals surface area contributed by atoms with E-state index < -0.39 is 5.97 Å². The number of rotatable bonds is 3. The molecule has 0 radical (unpaired) electrons. The lowest BCUT2D eigenvalue weighted by Gasteiger charge is -2.18. The lowest BCUT2D eigenvalue weighted by molar-refractivity contribution is -0.123. The molecule has 1 saturated carbocycles. The fraction of sp³-hybridized carbons (Fsp3) is 0.192. The van der Waals surface area contributed by atoms with Crippen molar-refractivity contribution in [3.05, 3.63) is 84.4 Å². The third kappa shape index (κ3) is 2.73. The van der Waals surface area contributed by atoms with Crippen molar-refractivity contribution in [1.29, 1.82) is 0 Å². The quantitative estimate of drug-likeness (QED) is 0.279. The number of benzene rings is 3. The summed E-state index contributed by atoms with van der Waals surface area (Å²) in [6.07, 6.45) is 5.02. The molecule has 1 saturated heterocycles. The molecule has 0 aromatic heterocycles. The van der Waals surface area contributed by atoms with E-state index in [4.69, 9.17) is 4.74 Å². The first-order valence-corrected chi connectivity index (χ1v) is 10.5. The normalized spacial score (nSPS) is 26.0. The number of hydrogen-bond acceptors (Lipinski definition) is 4. The zero-order valence-corrected chi connectivity index (χ0v) is 16.6. The Bertz CT molecular complexity index is 1260. The molecule has 3 aromatic rings. The average molecular weight is 409 g/mol. The van der Waals surface area contributed by atoms with Crippen LogP contribution in [0.25, 0.3) is 10.8 Å². The molecular formula is C26H19NO4. The maximum Gasteiger partial charge on any atom is 0.343 e. The summed E-state index contributed by atoms with van der Waals surface area (Å²) in [4.78, 5) is 40.1. The number of carbonyl (C=O) groups excluding carboxylic acids is 3. The van der Waals surface area contributed by atoms with Gasteiger partial charge >= 0.3 is 5.97 Å². The van der Waals surface area contributed by atoms with Crippen molar-refractivity contribution in [3.8, 4) is 5.75 Å². The fourth-order valence-corrected chi connectivity index (χ4v) is 5.33. The average Bonchev–Trinajstić information content (AvgIpc) is 3.47. The van der Waals surface area contributed by atoms with Crippen LogP contribution < -0.4 is 9.64 Å². The highest BCUT2D eigenvalue weighted by Gasteiger charge is 2.59. The van der Waals surface area contributed by atoms with Gasteiger partial charge in [-0.1, -0.05) is 48.6 Å². The first kappa shape index (κ1) is 18.1. The summed E-state index contributed by atoms with van der Waals surface area (Å²) in [5, 5.41) is 2.04. The Morgan fingerprint density at radius 3 is 2.26 bits per heavy atom. The van der Waals surface area contributed by atoms with Gasteiger partial charge < -0.3 is 4.74 Å². The Labute approximate surface area is 178 Å². The summed E-state index contributed by atoms with van der Waals surface area (Å²) in [6, 6.07) is 19.9. The predicted octanol–water partition coefficient (Wildman–Crippen LogP) is 4.37. The molecule has 6 rings (SSSR count). The van der Waals surface area contributed by atoms with Crippen LogP contribution in [0.2, 0.25) is 0 Å². The molecule has 152 valence electrons. The molecular weight excluding hydrogens is 390 g/mol. The molecule has 3 aliphatic rings. The van der Waals surface area contributed by atoms with Gasteiger partial charge in [-0.2, -0.15) is 0 Å². The summed E-state index contributed by atoms with van der Waals surface area (Å²) in [5.41, 5.74) is 0.723. The van der Waals surface area contributed by atoms with Gasteiger partial charge in [0.1, 0.15) is 5.75 Å². The highest BCUT2D eigenvalue weighted by atomic mass is 16.5. The molecule has 1 heterocycles. The summed E-state index contributed by atoms with van der Waals surface area (Å²) in [6.45, 7) is 0. The van der Waals surface area contributed by atoms with Gasteiger partial charge in [0.2, 0.25) is 11.8 Å². The van der Waals surface area contributed by atoms with Gasteiger partial charge in [0.25, 0.3) is 0 Å². The number of hydrogen-bond donors (Lipinski definition) is 0. The van der Waals surface area contributed by atoms with Crippen LogP contribution in [0.1, 0.15) is 16.8 Å². The number of allylic oxidation sites excluding steroid dienone is 2. The monoisotopic (exact) mass is 409 g/mol. The van der Waals surface area contributed by atoms with Crippen molar-refractivity contribution in [2.24, 2.45) is 23.7 Å².